The van der Waals surface area contributed by atoms with Crippen LogP contribution in [0.15, 0.2) is 59.6 Å². The average molecular weight is 341 g/mol. The smallest absolute Gasteiger partial charge is 0.189 e. The van der Waals surface area contributed by atoms with Crippen LogP contribution in [0.25, 0.3) is 0 Å². The molecular formula is C20H27N3O2. The second kappa shape index (κ2) is 10.5. The number of nitrogens with one attached hydrogen (secondary N) is 1. The Bertz CT molecular complexity index is 659. The van der Waals surface area contributed by atoms with Crippen LogP contribution in [0.4, 0.5) is 0 Å². The van der Waals surface area contributed by atoms with Crippen molar-refractivity contribution in [2.24, 2.45) is 10.7 Å². The monoisotopic (exact) mass is 341 g/mol. The number of ether oxygens (including phenoxy) is 2. The van der Waals surface area contributed by atoms with Gasteiger partial charge in [-0.2, -0.15) is 0 Å². The Hall–Kier alpha value is -2.37. The average Bonchev–Trinajstić information content (AvgIpc) is 2.62. The molecule has 2 aromatic carbocycles. The molecule has 0 aromatic heterocycles. The lowest BCUT2D eigenvalue weighted by Gasteiger charge is -2.13. The van der Waals surface area contributed by atoms with Gasteiger partial charge in [0.15, 0.2) is 5.96 Å². The van der Waals surface area contributed by atoms with Crippen LogP contribution in [0.1, 0.15) is 23.6 Å². The molecule has 0 saturated carbocycles. The molecule has 0 bridgehead atoms. The van der Waals surface area contributed by atoms with Crippen LogP contribution in [0.2, 0.25) is 0 Å². The molecule has 2 aromatic rings. The van der Waals surface area contributed by atoms with Crippen molar-refractivity contribution < 1.29 is 9.47 Å². The standard InChI is InChI=1S/C20H27N3O2/c1-16(13-24-2)23-20(21)22-12-18-10-6-7-11-19(18)15-25-14-17-8-4-3-5-9-17/h3-11,16H,12-15H2,1-2H3,(H3,21,22,23). The zero-order valence-electron chi connectivity index (χ0n) is 14.9. The highest BCUT2D eigenvalue weighted by Gasteiger charge is 2.04. The summed E-state index contributed by atoms with van der Waals surface area (Å²) in [5, 5.41) is 3.11. The molecule has 0 aliphatic rings. The third-order valence-corrected chi connectivity index (χ3v) is 3.72. The van der Waals surface area contributed by atoms with E-state index in [1.165, 1.54) is 5.56 Å². The maximum absolute atomic E-state index is 5.93. The molecule has 3 N–H and O–H groups in total. The highest BCUT2D eigenvalue weighted by atomic mass is 16.5. The van der Waals surface area contributed by atoms with Gasteiger partial charge in [0.2, 0.25) is 0 Å². The molecule has 0 fully saturated rings. The molecule has 0 saturated heterocycles. The fraction of sp³-hybridized carbons (Fsp3) is 0.350. The van der Waals surface area contributed by atoms with E-state index >= 15 is 0 Å². The number of hydrogen-bond donors (Lipinski definition) is 2. The summed E-state index contributed by atoms with van der Waals surface area (Å²) >= 11 is 0. The molecule has 1 unspecified atom stereocenters. The molecule has 2 rings (SSSR count). The predicted octanol–water partition coefficient (Wildman–Crippen LogP) is 2.84. The lowest BCUT2D eigenvalue weighted by Crippen LogP contribution is -2.40. The van der Waals surface area contributed by atoms with Crippen molar-refractivity contribution in [3.8, 4) is 0 Å². The first-order chi connectivity index (χ1) is 12.2. The Morgan fingerprint density at radius 1 is 1.04 bits per heavy atom. The Kier molecular flexibility index (Phi) is 7.95. The normalized spacial score (nSPS) is 12.8. The number of guanidine groups is 1. The molecule has 1 atom stereocenters. The van der Waals surface area contributed by atoms with Gasteiger partial charge < -0.3 is 20.5 Å². The topological polar surface area (TPSA) is 68.9 Å². The van der Waals surface area contributed by atoms with Gasteiger partial charge in [0.1, 0.15) is 0 Å². The minimum Gasteiger partial charge on any atom is -0.383 e. The van der Waals surface area contributed by atoms with Gasteiger partial charge in [-0.15, -0.1) is 0 Å². The maximum atomic E-state index is 5.93. The Morgan fingerprint density at radius 3 is 2.44 bits per heavy atom. The van der Waals surface area contributed by atoms with E-state index in [-0.39, 0.29) is 6.04 Å². The summed E-state index contributed by atoms with van der Waals surface area (Å²) in [6.07, 6.45) is 0. The molecule has 0 radical (unpaired) electrons. The van der Waals surface area contributed by atoms with E-state index in [0.29, 0.717) is 32.3 Å². The van der Waals surface area contributed by atoms with Crippen LogP contribution < -0.4 is 11.1 Å². The van der Waals surface area contributed by atoms with Crippen LogP contribution in [0, 0.1) is 0 Å². The fourth-order valence-electron chi connectivity index (χ4n) is 2.47. The van der Waals surface area contributed by atoms with Gasteiger partial charge in [0.05, 0.1) is 26.4 Å². The number of nitrogens with zero attached hydrogens (tertiary/aromatic N) is 1. The molecule has 5 nitrogen and oxygen atoms in total. The molecule has 0 amide bonds. The van der Waals surface area contributed by atoms with Gasteiger partial charge in [-0.05, 0) is 23.6 Å². The first kappa shape index (κ1) is 19.0. The summed E-state index contributed by atoms with van der Waals surface area (Å²) in [5.74, 6) is 0.421. The van der Waals surface area contributed by atoms with E-state index < -0.39 is 0 Å². The Balaban J connectivity index is 1.89. The summed E-state index contributed by atoms with van der Waals surface area (Å²) < 4.78 is 10.9. The summed E-state index contributed by atoms with van der Waals surface area (Å²) in [5.41, 5.74) is 9.33. The third kappa shape index (κ3) is 6.95. The van der Waals surface area contributed by atoms with Crippen molar-refractivity contribution >= 4 is 5.96 Å². The minimum atomic E-state index is 0.123. The van der Waals surface area contributed by atoms with Gasteiger partial charge >= 0.3 is 0 Å². The molecular weight excluding hydrogens is 314 g/mol. The fourth-order valence-corrected chi connectivity index (χ4v) is 2.47. The molecule has 0 aliphatic heterocycles. The van der Waals surface area contributed by atoms with Gasteiger partial charge in [-0.1, -0.05) is 54.6 Å². The van der Waals surface area contributed by atoms with Crippen LogP contribution >= 0.6 is 0 Å². The number of nitrogens with two attached hydrogens (primary N) is 1. The van der Waals surface area contributed by atoms with Crippen molar-refractivity contribution in [3.05, 3.63) is 71.3 Å². The molecule has 25 heavy (non-hydrogen) atoms. The van der Waals surface area contributed by atoms with Crippen LogP contribution in [-0.2, 0) is 29.2 Å². The number of rotatable bonds is 9. The van der Waals surface area contributed by atoms with Crippen LogP contribution in [0.3, 0.4) is 0 Å². The zero-order valence-corrected chi connectivity index (χ0v) is 14.9. The molecule has 0 heterocycles. The maximum Gasteiger partial charge on any atom is 0.189 e. The summed E-state index contributed by atoms with van der Waals surface area (Å²) in [6.45, 7) is 4.24. The van der Waals surface area contributed by atoms with Gasteiger partial charge in [0, 0.05) is 13.2 Å². The van der Waals surface area contributed by atoms with Gasteiger partial charge in [0.25, 0.3) is 0 Å². The van der Waals surface area contributed by atoms with E-state index in [2.05, 4.69) is 34.6 Å². The first-order valence-corrected chi connectivity index (χ1v) is 8.43. The summed E-state index contributed by atoms with van der Waals surface area (Å²) in [6, 6.07) is 18.4. The van der Waals surface area contributed by atoms with E-state index in [0.717, 1.165) is 11.1 Å². The van der Waals surface area contributed by atoms with Crippen molar-refractivity contribution in [2.75, 3.05) is 13.7 Å². The second-order valence-corrected chi connectivity index (χ2v) is 5.95. The summed E-state index contributed by atoms with van der Waals surface area (Å²) in [4.78, 5) is 4.42. The van der Waals surface area contributed by atoms with Crippen molar-refractivity contribution in [3.63, 3.8) is 0 Å². The van der Waals surface area contributed by atoms with Crippen molar-refractivity contribution in [1.82, 2.24) is 5.32 Å². The first-order valence-electron chi connectivity index (χ1n) is 8.43. The SMILES string of the molecule is COCC(C)NC(N)=NCc1ccccc1COCc1ccccc1. The Morgan fingerprint density at radius 2 is 1.72 bits per heavy atom. The van der Waals surface area contributed by atoms with Crippen LogP contribution in [0.5, 0.6) is 0 Å². The lowest BCUT2D eigenvalue weighted by molar-refractivity contribution is 0.106. The van der Waals surface area contributed by atoms with Crippen molar-refractivity contribution in [2.45, 2.75) is 32.7 Å². The highest BCUT2D eigenvalue weighted by molar-refractivity contribution is 5.78. The van der Waals surface area contributed by atoms with E-state index in [1.54, 1.807) is 7.11 Å². The number of hydrogen-bond acceptors (Lipinski definition) is 3. The van der Waals surface area contributed by atoms with E-state index in [1.807, 2.05) is 37.3 Å². The second-order valence-electron chi connectivity index (χ2n) is 5.95. The molecule has 134 valence electrons. The molecule has 0 aliphatic carbocycles. The van der Waals surface area contributed by atoms with Gasteiger partial charge in [-0.25, -0.2) is 4.99 Å². The molecule has 0 spiro atoms. The predicted molar refractivity (Wildman–Crippen MR) is 101 cm³/mol. The quantitative estimate of drug-likeness (QED) is 0.543. The van der Waals surface area contributed by atoms with Gasteiger partial charge in [-0.3, -0.25) is 0 Å². The number of methoxy groups -OCH3 is 1. The van der Waals surface area contributed by atoms with E-state index in [9.17, 15) is 0 Å². The highest BCUT2D eigenvalue weighted by Crippen LogP contribution is 2.13. The lowest BCUT2D eigenvalue weighted by atomic mass is 10.1. The largest absolute Gasteiger partial charge is 0.383 e. The molecule has 5 heteroatoms. The summed E-state index contributed by atoms with van der Waals surface area (Å²) in [7, 11) is 1.66. The number of aliphatic imine (C=N–C) groups is 1. The number of benzene rings is 2. The van der Waals surface area contributed by atoms with Crippen LogP contribution in [-0.4, -0.2) is 25.7 Å². The Labute approximate surface area is 149 Å². The third-order valence-electron chi connectivity index (χ3n) is 3.72. The van der Waals surface area contributed by atoms with E-state index in [4.69, 9.17) is 15.2 Å². The minimum absolute atomic E-state index is 0.123. The van der Waals surface area contributed by atoms with Crippen molar-refractivity contribution in [1.29, 1.82) is 0 Å². The zero-order chi connectivity index (χ0) is 17.9.